The van der Waals surface area contributed by atoms with Crippen molar-refractivity contribution in [1.82, 2.24) is 5.32 Å². The molecule has 0 aromatic rings. The van der Waals surface area contributed by atoms with Crippen molar-refractivity contribution >= 4 is 5.78 Å². The molecule has 0 aromatic heterocycles. The van der Waals surface area contributed by atoms with E-state index >= 15 is 0 Å². The van der Waals surface area contributed by atoms with Crippen molar-refractivity contribution in [3.8, 4) is 0 Å². The average molecular weight is 221 g/mol. The third kappa shape index (κ3) is 4.09. The quantitative estimate of drug-likeness (QED) is 0.773. The van der Waals surface area contributed by atoms with Crippen molar-refractivity contribution in [3.05, 3.63) is 11.6 Å². The zero-order valence-corrected chi connectivity index (χ0v) is 10.1. The van der Waals surface area contributed by atoms with E-state index < -0.39 is 0 Å². The highest BCUT2D eigenvalue weighted by Gasteiger charge is 2.21. The number of hydrogen-bond acceptors (Lipinski definition) is 2. The van der Waals surface area contributed by atoms with Crippen LogP contribution in [0.2, 0.25) is 0 Å². The van der Waals surface area contributed by atoms with Gasteiger partial charge < -0.3 is 5.32 Å². The highest BCUT2D eigenvalue weighted by Crippen LogP contribution is 2.27. The van der Waals surface area contributed by atoms with Crippen molar-refractivity contribution in [2.24, 2.45) is 5.92 Å². The minimum atomic E-state index is 0.336. The Morgan fingerprint density at radius 1 is 1.25 bits per heavy atom. The van der Waals surface area contributed by atoms with Gasteiger partial charge in [0.05, 0.1) is 6.54 Å². The smallest absolute Gasteiger partial charge is 0.172 e. The van der Waals surface area contributed by atoms with Gasteiger partial charge in [-0.25, -0.2) is 0 Å². The largest absolute Gasteiger partial charge is 0.309 e. The third-order valence-corrected chi connectivity index (χ3v) is 3.56. The Morgan fingerprint density at radius 2 is 2.06 bits per heavy atom. The lowest BCUT2D eigenvalue weighted by molar-refractivity contribution is -0.115. The summed E-state index contributed by atoms with van der Waals surface area (Å²) < 4.78 is 0. The van der Waals surface area contributed by atoms with E-state index in [-0.39, 0.29) is 0 Å². The van der Waals surface area contributed by atoms with Crippen LogP contribution in [0.4, 0.5) is 0 Å². The molecule has 0 unspecified atom stereocenters. The summed E-state index contributed by atoms with van der Waals surface area (Å²) in [7, 11) is 0. The van der Waals surface area contributed by atoms with E-state index in [1.54, 1.807) is 0 Å². The Morgan fingerprint density at radius 3 is 2.88 bits per heavy atom. The summed E-state index contributed by atoms with van der Waals surface area (Å²) in [6, 6.07) is 0. The Balaban J connectivity index is 1.72. The maximum absolute atomic E-state index is 11.9. The van der Waals surface area contributed by atoms with Gasteiger partial charge in [-0.2, -0.15) is 0 Å². The van der Waals surface area contributed by atoms with Crippen LogP contribution < -0.4 is 5.32 Å². The molecule has 0 atom stereocenters. The number of Topliss-reactive ketones (excluding diaryl/α,β-unsaturated/α-hetero) is 1. The van der Waals surface area contributed by atoms with Crippen LogP contribution in [0.3, 0.4) is 0 Å². The fourth-order valence-corrected chi connectivity index (χ4v) is 2.27. The highest BCUT2D eigenvalue weighted by atomic mass is 16.1. The Hall–Kier alpha value is -0.630. The van der Waals surface area contributed by atoms with E-state index in [4.69, 9.17) is 0 Å². The number of carbonyl (C=O) groups excluding carboxylic acids is 1. The summed E-state index contributed by atoms with van der Waals surface area (Å²) in [4.78, 5) is 11.9. The van der Waals surface area contributed by atoms with Gasteiger partial charge >= 0.3 is 0 Å². The predicted molar refractivity (Wildman–Crippen MR) is 66.4 cm³/mol. The second-order valence-corrected chi connectivity index (χ2v) is 5.18. The third-order valence-electron chi connectivity index (χ3n) is 3.56. The van der Waals surface area contributed by atoms with Crippen LogP contribution >= 0.6 is 0 Å². The first kappa shape index (κ1) is 11.8. The SMILES string of the molecule is O=C(CNCC1CC1)C1=CCCCCCC1. The lowest BCUT2D eigenvalue weighted by Crippen LogP contribution is -2.26. The first-order valence-corrected chi connectivity index (χ1v) is 6.79. The van der Waals surface area contributed by atoms with Gasteiger partial charge in [-0.05, 0) is 56.6 Å². The summed E-state index contributed by atoms with van der Waals surface area (Å²) in [6.07, 6.45) is 12.1. The number of allylic oxidation sites excluding steroid dienone is 1. The monoisotopic (exact) mass is 221 g/mol. The molecule has 0 saturated heterocycles. The molecule has 2 nitrogen and oxygen atoms in total. The molecular weight excluding hydrogens is 198 g/mol. The summed E-state index contributed by atoms with van der Waals surface area (Å²) in [5, 5.41) is 3.29. The molecule has 1 fully saturated rings. The summed E-state index contributed by atoms with van der Waals surface area (Å²) in [6.45, 7) is 1.60. The summed E-state index contributed by atoms with van der Waals surface area (Å²) >= 11 is 0. The molecular formula is C14H23NO. The molecule has 0 radical (unpaired) electrons. The molecule has 1 N–H and O–H groups in total. The average Bonchev–Trinajstić information content (AvgIpc) is 3.00. The van der Waals surface area contributed by atoms with Crippen molar-refractivity contribution < 1.29 is 4.79 Å². The lowest BCUT2D eigenvalue weighted by Gasteiger charge is -2.10. The van der Waals surface area contributed by atoms with Gasteiger partial charge in [0.15, 0.2) is 5.78 Å². The van der Waals surface area contributed by atoms with E-state index in [1.165, 1.54) is 38.5 Å². The van der Waals surface area contributed by atoms with Gasteiger partial charge in [-0.1, -0.05) is 18.9 Å². The molecule has 0 amide bonds. The molecule has 0 spiro atoms. The van der Waals surface area contributed by atoms with Crippen molar-refractivity contribution in [2.45, 2.75) is 51.4 Å². The van der Waals surface area contributed by atoms with Gasteiger partial charge in [0.25, 0.3) is 0 Å². The van der Waals surface area contributed by atoms with Crippen LogP contribution in [0.5, 0.6) is 0 Å². The van der Waals surface area contributed by atoms with Gasteiger partial charge in [0, 0.05) is 0 Å². The minimum absolute atomic E-state index is 0.336. The Labute approximate surface area is 98.5 Å². The first-order valence-electron chi connectivity index (χ1n) is 6.79. The molecule has 0 bridgehead atoms. The standard InChI is InChI=1S/C14H23NO/c16-14(11-15-10-12-8-9-12)13-6-4-2-1-3-5-7-13/h6,12,15H,1-5,7-11H2. The molecule has 0 heterocycles. The maximum atomic E-state index is 11.9. The molecule has 2 aliphatic carbocycles. The van der Waals surface area contributed by atoms with Crippen LogP contribution in [-0.2, 0) is 4.79 Å². The highest BCUT2D eigenvalue weighted by molar-refractivity contribution is 5.96. The van der Waals surface area contributed by atoms with Crippen LogP contribution in [0.15, 0.2) is 11.6 Å². The molecule has 2 aliphatic rings. The number of ketones is 1. The molecule has 0 aromatic carbocycles. The Bertz CT molecular complexity index is 266. The fourth-order valence-electron chi connectivity index (χ4n) is 2.27. The second kappa shape index (κ2) is 6.19. The van der Waals surface area contributed by atoms with E-state index in [1.807, 2.05) is 0 Å². The first-order chi connectivity index (χ1) is 7.86. The fraction of sp³-hybridized carbons (Fsp3) is 0.786. The minimum Gasteiger partial charge on any atom is -0.309 e. The van der Waals surface area contributed by atoms with Crippen molar-refractivity contribution in [1.29, 1.82) is 0 Å². The lowest BCUT2D eigenvalue weighted by atomic mass is 9.97. The summed E-state index contributed by atoms with van der Waals surface area (Å²) in [5.41, 5.74) is 1.09. The van der Waals surface area contributed by atoms with Crippen LogP contribution in [0.1, 0.15) is 51.4 Å². The van der Waals surface area contributed by atoms with E-state index in [0.29, 0.717) is 12.3 Å². The number of carbonyl (C=O) groups is 1. The summed E-state index contributed by atoms with van der Waals surface area (Å²) in [5.74, 6) is 1.20. The van der Waals surface area contributed by atoms with Crippen LogP contribution in [-0.4, -0.2) is 18.9 Å². The molecule has 2 rings (SSSR count). The van der Waals surface area contributed by atoms with Gasteiger partial charge in [-0.3, -0.25) is 4.79 Å². The molecule has 0 aliphatic heterocycles. The normalized spacial score (nSPS) is 22.1. The second-order valence-electron chi connectivity index (χ2n) is 5.18. The maximum Gasteiger partial charge on any atom is 0.172 e. The van der Waals surface area contributed by atoms with E-state index in [9.17, 15) is 4.79 Å². The number of hydrogen-bond donors (Lipinski definition) is 1. The van der Waals surface area contributed by atoms with Crippen LogP contribution in [0.25, 0.3) is 0 Å². The predicted octanol–water partition coefficient (Wildman–Crippen LogP) is 2.84. The Kier molecular flexibility index (Phi) is 4.58. The molecule has 90 valence electrons. The van der Waals surface area contributed by atoms with E-state index in [2.05, 4.69) is 11.4 Å². The van der Waals surface area contributed by atoms with Crippen molar-refractivity contribution in [3.63, 3.8) is 0 Å². The van der Waals surface area contributed by atoms with Crippen LogP contribution in [0, 0.1) is 5.92 Å². The van der Waals surface area contributed by atoms with E-state index in [0.717, 1.165) is 30.9 Å². The molecule has 1 saturated carbocycles. The molecule has 16 heavy (non-hydrogen) atoms. The number of nitrogens with one attached hydrogen (secondary N) is 1. The van der Waals surface area contributed by atoms with Gasteiger partial charge in [0.1, 0.15) is 0 Å². The van der Waals surface area contributed by atoms with Gasteiger partial charge in [-0.15, -0.1) is 0 Å². The molecule has 2 heteroatoms. The van der Waals surface area contributed by atoms with Gasteiger partial charge in [0.2, 0.25) is 0 Å². The van der Waals surface area contributed by atoms with Crippen molar-refractivity contribution in [2.75, 3.05) is 13.1 Å². The number of rotatable bonds is 5. The zero-order valence-electron chi connectivity index (χ0n) is 10.1. The topological polar surface area (TPSA) is 29.1 Å². The zero-order chi connectivity index (χ0) is 11.2.